The van der Waals surface area contributed by atoms with Crippen molar-refractivity contribution in [3.63, 3.8) is 0 Å². The zero-order chi connectivity index (χ0) is 13.2. The molecule has 0 radical (unpaired) electrons. The molecule has 1 atom stereocenters. The lowest BCUT2D eigenvalue weighted by atomic mass is 10.1. The molecule has 7 heteroatoms. The summed E-state index contributed by atoms with van der Waals surface area (Å²) in [5, 5.41) is -0.195. The van der Waals surface area contributed by atoms with E-state index in [-0.39, 0.29) is 22.9 Å². The lowest BCUT2D eigenvalue weighted by Gasteiger charge is -2.13. The summed E-state index contributed by atoms with van der Waals surface area (Å²) >= 11 is 5.99. The summed E-state index contributed by atoms with van der Waals surface area (Å²) in [5.41, 5.74) is 0. The van der Waals surface area contributed by atoms with Gasteiger partial charge in [0, 0.05) is 25.2 Å². The van der Waals surface area contributed by atoms with E-state index in [2.05, 4.69) is 9.71 Å². The fraction of sp³-hybridized carbons (Fsp3) is 0.700. The van der Waals surface area contributed by atoms with Crippen molar-refractivity contribution in [1.82, 2.24) is 14.3 Å². The number of hydrogen-bond acceptors (Lipinski definition) is 3. The van der Waals surface area contributed by atoms with Crippen molar-refractivity contribution in [2.24, 2.45) is 13.0 Å². The number of imidazole rings is 1. The third kappa shape index (κ3) is 3.69. The summed E-state index contributed by atoms with van der Waals surface area (Å²) in [6, 6.07) is 0. The van der Waals surface area contributed by atoms with Gasteiger partial charge in [0.1, 0.15) is 5.82 Å². The molecule has 1 rings (SSSR count). The van der Waals surface area contributed by atoms with Gasteiger partial charge in [-0.15, -0.1) is 11.6 Å². The van der Waals surface area contributed by atoms with Crippen LogP contribution in [0.4, 0.5) is 0 Å². The molecule has 0 bridgehead atoms. The Hall–Kier alpha value is -0.590. The van der Waals surface area contributed by atoms with Crippen molar-refractivity contribution in [1.29, 1.82) is 0 Å². The third-order valence-electron chi connectivity index (χ3n) is 2.55. The van der Waals surface area contributed by atoms with Crippen LogP contribution in [0, 0.1) is 12.8 Å². The highest BCUT2D eigenvalue weighted by Crippen LogP contribution is 2.11. The molecule has 0 amide bonds. The Morgan fingerprint density at radius 2 is 2.12 bits per heavy atom. The average Bonchev–Trinajstić information content (AvgIpc) is 2.56. The number of rotatable bonds is 5. The highest BCUT2D eigenvalue weighted by molar-refractivity contribution is 7.89. The smallest absolute Gasteiger partial charge is 0.259 e. The Kier molecular flexibility index (Phi) is 4.57. The minimum Gasteiger partial charge on any atom is -0.337 e. The molecule has 0 aliphatic rings. The van der Waals surface area contributed by atoms with Gasteiger partial charge in [0.2, 0.25) is 0 Å². The highest BCUT2D eigenvalue weighted by Gasteiger charge is 2.20. The Morgan fingerprint density at radius 3 is 2.53 bits per heavy atom. The summed E-state index contributed by atoms with van der Waals surface area (Å²) in [7, 11) is -1.81. The maximum Gasteiger partial charge on any atom is 0.259 e. The minimum absolute atomic E-state index is 0.0325. The Labute approximate surface area is 107 Å². The van der Waals surface area contributed by atoms with E-state index in [0.717, 1.165) is 0 Å². The van der Waals surface area contributed by atoms with E-state index in [0.29, 0.717) is 5.82 Å². The molecule has 1 unspecified atom stereocenters. The van der Waals surface area contributed by atoms with E-state index in [9.17, 15) is 8.42 Å². The standard InChI is InChI=1S/C10H18ClN3O2S/c1-7(2)9(11)5-12-17(15,16)10-6-14(4)8(3)13-10/h6-7,9,12H,5H2,1-4H3. The van der Waals surface area contributed by atoms with Crippen molar-refractivity contribution in [3.05, 3.63) is 12.0 Å². The number of aryl methyl sites for hydroxylation is 2. The van der Waals surface area contributed by atoms with E-state index in [4.69, 9.17) is 11.6 Å². The molecule has 1 aromatic rings. The van der Waals surface area contributed by atoms with Gasteiger partial charge in [0.15, 0.2) is 5.03 Å². The number of nitrogens with one attached hydrogen (secondary N) is 1. The van der Waals surface area contributed by atoms with Crippen LogP contribution in [0.25, 0.3) is 0 Å². The van der Waals surface area contributed by atoms with Crippen molar-refractivity contribution in [3.8, 4) is 0 Å². The lowest BCUT2D eigenvalue weighted by Crippen LogP contribution is -2.32. The van der Waals surface area contributed by atoms with Crippen LogP contribution in [-0.4, -0.2) is 29.9 Å². The van der Waals surface area contributed by atoms with Crippen LogP contribution in [0.5, 0.6) is 0 Å². The predicted molar refractivity (Wildman–Crippen MR) is 67.6 cm³/mol. The SMILES string of the molecule is Cc1nc(S(=O)(=O)NCC(Cl)C(C)C)cn1C. The second-order valence-electron chi connectivity index (χ2n) is 4.35. The average molecular weight is 280 g/mol. The Morgan fingerprint density at radius 1 is 1.53 bits per heavy atom. The maximum absolute atomic E-state index is 11.9. The molecule has 0 aliphatic carbocycles. The van der Waals surface area contributed by atoms with Crippen molar-refractivity contribution in [2.75, 3.05) is 6.54 Å². The van der Waals surface area contributed by atoms with E-state index < -0.39 is 10.0 Å². The molecule has 98 valence electrons. The first-order valence-corrected chi connectivity index (χ1v) is 7.29. The van der Waals surface area contributed by atoms with Crippen LogP contribution in [0.15, 0.2) is 11.2 Å². The van der Waals surface area contributed by atoms with E-state index in [1.165, 1.54) is 6.20 Å². The molecule has 0 aliphatic heterocycles. The van der Waals surface area contributed by atoms with Crippen LogP contribution in [-0.2, 0) is 17.1 Å². The topological polar surface area (TPSA) is 64.0 Å². The summed E-state index contributed by atoms with van der Waals surface area (Å²) < 4.78 is 27.9. The fourth-order valence-electron chi connectivity index (χ4n) is 1.15. The molecule has 5 nitrogen and oxygen atoms in total. The molecule has 1 heterocycles. The van der Waals surface area contributed by atoms with Crippen LogP contribution < -0.4 is 4.72 Å². The molecule has 17 heavy (non-hydrogen) atoms. The first kappa shape index (κ1) is 14.5. The van der Waals surface area contributed by atoms with Gasteiger partial charge in [0.25, 0.3) is 10.0 Å². The number of aromatic nitrogens is 2. The van der Waals surface area contributed by atoms with E-state index in [1.807, 2.05) is 13.8 Å². The summed E-state index contributed by atoms with van der Waals surface area (Å²) in [4.78, 5) is 3.97. The number of nitrogens with zero attached hydrogens (tertiary/aromatic N) is 2. The van der Waals surface area contributed by atoms with Gasteiger partial charge in [0.05, 0.1) is 0 Å². The maximum atomic E-state index is 11.9. The van der Waals surface area contributed by atoms with Crippen molar-refractivity contribution in [2.45, 2.75) is 31.2 Å². The van der Waals surface area contributed by atoms with Gasteiger partial charge in [-0.25, -0.2) is 18.1 Å². The number of halogens is 1. The first-order chi connectivity index (χ1) is 7.74. The van der Waals surface area contributed by atoms with Crippen LogP contribution in [0.3, 0.4) is 0 Å². The fourth-order valence-corrected chi connectivity index (χ4v) is 2.42. The van der Waals surface area contributed by atoms with Gasteiger partial charge < -0.3 is 4.57 Å². The molecule has 0 saturated heterocycles. The predicted octanol–water partition coefficient (Wildman–Crippen LogP) is 1.27. The lowest BCUT2D eigenvalue weighted by molar-refractivity contribution is 0.554. The molecule has 0 aromatic carbocycles. The zero-order valence-electron chi connectivity index (χ0n) is 10.4. The highest BCUT2D eigenvalue weighted by atomic mass is 35.5. The Balaban J connectivity index is 2.76. The zero-order valence-corrected chi connectivity index (χ0v) is 12.0. The minimum atomic E-state index is -3.56. The Bertz CT molecular complexity index is 462. The van der Waals surface area contributed by atoms with Crippen LogP contribution in [0.2, 0.25) is 0 Å². The van der Waals surface area contributed by atoms with Gasteiger partial charge in [-0.05, 0) is 12.8 Å². The largest absolute Gasteiger partial charge is 0.337 e. The van der Waals surface area contributed by atoms with Crippen molar-refractivity contribution >= 4 is 21.6 Å². The summed E-state index contributed by atoms with van der Waals surface area (Å²) in [6.45, 7) is 5.84. The van der Waals surface area contributed by atoms with E-state index in [1.54, 1.807) is 18.5 Å². The number of alkyl halides is 1. The molecule has 0 fully saturated rings. The number of sulfonamides is 1. The van der Waals surface area contributed by atoms with E-state index >= 15 is 0 Å². The second kappa shape index (κ2) is 5.37. The first-order valence-electron chi connectivity index (χ1n) is 5.37. The second-order valence-corrected chi connectivity index (χ2v) is 6.62. The third-order valence-corrected chi connectivity index (χ3v) is 4.51. The summed E-state index contributed by atoms with van der Waals surface area (Å²) in [6.07, 6.45) is 1.48. The molecular formula is C10H18ClN3O2S. The van der Waals surface area contributed by atoms with Crippen LogP contribution >= 0.6 is 11.6 Å². The van der Waals surface area contributed by atoms with Crippen LogP contribution in [0.1, 0.15) is 19.7 Å². The monoisotopic (exact) mass is 279 g/mol. The molecule has 0 spiro atoms. The molecule has 1 aromatic heterocycles. The molecular weight excluding hydrogens is 262 g/mol. The van der Waals surface area contributed by atoms with Gasteiger partial charge in [-0.3, -0.25) is 0 Å². The van der Waals surface area contributed by atoms with Gasteiger partial charge in [-0.1, -0.05) is 13.8 Å². The normalized spacial score (nSPS) is 14.2. The van der Waals surface area contributed by atoms with Gasteiger partial charge in [-0.2, -0.15) is 0 Å². The summed E-state index contributed by atoms with van der Waals surface area (Å²) in [5.74, 6) is 0.862. The quantitative estimate of drug-likeness (QED) is 0.826. The molecule has 1 N–H and O–H groups in total. The van der Waals surface area contributed by atoms with Gasteiger partial charge >= 0.3 is 0 Å². The van der Waals surface area contributed by atoms with Crippen molar-refractivity contribution < 1.29 is 8.42 Å². The molecule has 0 saturated carbocycles. The number of hydrogen-bond donors (Lipinski definition) is 1.